The molecule has 0 N–H and O–H groups in total. The lowest BCUT2D eigenvalue weighted by molar-refractivity contribution is 0.322. The molecule has 0 aromatic heterocycles. The summed E-state index contributed by atoms with van der Waals surface area (Å²) in [6.45, 7) is 10.9. The molecule has 1 atom stereocenters. The third-order valence-electron chi connectivity index (χ3n) is 3.76. The van der Waals surface area contributed by atoms with Crippen LogP contribution in [0, 0.1) is 11.3 Å². The van der Waals surface area contributed by atoms with Gasteiger partial charge in [0.15, 0.2) is 0 Å². The fraction of sp³-hybridized carbons (Fsp3) is 0.600. The normalized spacial score (nSPS) is 21.0. The summed E-state index contributed by atoms with van der Waals surface area (Å²) in [5.41, 5.74) is 1.89. The monoisotopic (exact) mass is 204 g/mol. The Bertz CT molecular complexity index is 264. The van der Waals surface area contributed by atoms with Crippen molar-refractivity contribution in [3.8, 4) is 0 Å². The minimum Gasteiger partial charge on any atom is -0.0958 e. The summed E-state index contributed by atoms with van der Waals surface area (Å²) in [4.78, 5) is 0. The Morgan fingerprint density at radius 2 is 2.07 bits per heavy atom. The van der Waals surface area contributed by atoms with Crippen molar-refractivity contribution in [3.05, 3.63) is 36.5 Å². The summed E-state index contributed by atoms with van der Waals surface area (Å²) in [5, 5.41) is 0. The molecule has 15 heavy (non-hydrogen) atoms. The number of rotatable bonds is 6. The van der Waals surface area contributed by atoms with Crippen molar-refractivity contribution in [2.24, 2.45) is 11.3 Å². The highest BCUT2D eigenvalue weighted by Crippen LogP contribution is 2.57. The van der Waals surface area contributed by atoms with Gasteiger partial charge in [0.1, 0.15) is 0 Å². The lowest BCUT2D eigenvalue weighted by atomic mass is 9.83. The van der Waals surface area contributed by atoms with Crippen LogP contribution < -0.4 is 0 Å². The largest absolute Gasteiger partial charge is 0.0958 e. The van der Waals surface area contributed by atoms with Gasteiger partial charge in [0, 0.05) is 0 Å². The maximum atomic E-state index is 4.15. The minimum atomic E-state index is 0.603. The molecule has 0 radical (unpaired) electrons. The van der Waals surface area contributed by atoms with Crippen molar-refractivity contribution in [2.45, 2.75) is 46.5 Å². The van der Waals surface area contributed by atoms with Crippen molar-refractivity contribution in [1.29, 1.82) is 0 Å². The highest BCUT2D eigenvalue weighted by atomic mass is 14.5. The molecule has 0 aromatic rings. The fourth-order valence-corrected chi connectivity index (χ4v) is 2.25. The van der Waals surface area contributed by atoms with Crippen LogP contribution in [0.15, 0.2) is 36.5 Å². The van der Waals surface area contributed by atoms with Crippen LogP contribution in [0.3, 0.4) is 0 Å². The average molecular weight is 204 g/mol. The Kier molecular flexibility index (Phi) is 4.38. The zero-order chi connectivity index (χ0) is 11.3. The molecular formula is C15H24. The van der Waals surface area contributed by atoms with E-state index in [4.69, 9.17) is 0 Å². The Balaban J connectivity index is 2.44. The molecule has 1 unspecified atom stereocenters. The zero-order valence-electron chi connectivity index (χ0n) is 10.4. The molecule has 1 aliphatic carbocycles. The van der Waals surface area contributed by atoms with E-state index in [1.807, 2.05) is 13.0 Å². The molecule has 0 nitrogen and oxygen atoms in total. The first-order valence-corrected chi connectivity index (χ1v) is 6.12. The van der Waals surface area contributed by atoms with Gasteiger partial charge in [-0.3, -0.25) is 0 Å². The van der Waals surface area contributed by atoms with Gasteiger partial charge >= 0.3 is 0 Å². The van der Waals surface area contributed by atoms with Crippen molar-refractivity contribution in [2.75, 3.05) is 0 Å². The molecule has 0 heterocycles. The second-order valence-electron chi connectivity index (χ2n) is 4.89. The second-order valence-corrected chi connectivity index (χ2v) is 4.89. The maximum Gasteiger partial charge on any atom is -0.0225 e. The Labute approximate surface area is 94.8 Å². The van der Waals surface area contributed by atoms with E-state index in [1.54, 1.807) is 0 Å². The molecule has 0 bridgehead atoms. The van der Waals surface area contributed by atoms with Crippen LogP contribution in [-0.4, -0.2) is 0 Å². The summed E-state index contributed by atoms with van der Waals surface area (Å²) < 4.78 is 0. The molecule has 1 aliphatic rings. The van der Waals surface area contributed by atoms with E-state index >= 15 is 0 Å². The van der Waals surface area contributed by atoms with Crippen LogP contribution in [0.1, 0.15) is 46.5 Å². The Morgan fingerprint density at radius 1 is 1.40 bits per heavy atom. The summed E-state index contributed by atoms with van der Waals surface area (Å²) >= 11 is 0. The van der Waals surface area contributed by atoms with Crippen LogP contribution in [0.2, 0.25) is 0 Å². The van der Waals surface area contributed by atoms with Gasteiger partial charge in [0.05, 0.1) is 0 Å². The predicted octanol–water partition coefficient (Wildman–Crippen LogP) is 4.89. The van der Waals surface area contributed by atoms with Gasteiger partial charge in [-0.15, -0.1) is 0 Å². The first-order chi connectivity index (χ1) is 7.14. The van der Waals surface area contributed by atoms with Crippen LogP contribution in [-0.2, 0) is 0 Å². The summed E-state index contributed by atoms with van der Waals surface area (Å²) in [7, 11) is 0. The van der Waals surface area contributed by atoms with Gasteiger partial charge in [-0.1, -0.05) is 56.7 Å². The molecule has 1 saturated carbocycles. The van der Waals surface area contributed by atoms with Gasteiger partial charge in [-0.25, -0.2) is 0 Å². The lowest BCUT2D eigenvalue weighted by Gasteiger charge is -2.22. The third kappa shape index (κ3) is 3.37. The molecule has 0 heteroatoms. The van der Waals surface area contributed by atoms with E-state index in [0.29, 0.717) is 5.41 Å². The second kappa shape index (κ2) is 5.34. The smallest absolute Gasteiger partial charge is 0.0225 e. The Morgan fingerprint density at radius 3 is 2.53 bits per heavy atom. The summed E-state index contributed by atoms with van der Waals surface area (Å²) in [6, 6.07) is 0. The number of hydrogen-bond acceptors (Lipinski definition) is 0. The van der Waals surface area contributed by atoms with Crippen LogP contribution in [0.25, 0.3) is 0 Å². The molecule has 0 aromatic carbocycles. The predicted molar refractivity (Wildman–Crippen MR) is 68.8 cm³/mol. The molecule has 0 spiro atoms. The van der Waals surface area contributed by atoms with E-state index < -0.39 is 0 Å². The zero-order valence-corrected chi connectivity index (χ0v) is 10.4. The van der Waals surface area contributed by atoms with Crippen LogP contribution in [0.5, 0.6) is 0 Å². The highest BCUT2D eigenvalue weighted by Gasteiger charge is 2.45. The number of hydrogen-bond donors (Lipinski definition) is 0. The number of allylic oxidation sites excluding steroid dienone is 5. The van der Waals surface area contributed by atoms with Crippen molar-refractivity contribution in [1.82, 2.24) is 0 Å². The minimum absolute atomic E-state index is 0.603. The summed E-state index contributed by atoms with van der Waals surface area (Å²) in [6.07, 6.45) is 13.6. The van der Waals surface area contributed by atoms with E-state index in [0.717, 1.165) is 5.92 Å². The molecule has 1 rings (SSSR count). The molecule has 0 amide bonds. The van der Waals surface area contributed by atoms with Gasteiger partial charge in [-0.05, 0) is 37.5 Å². The van der Waals surface area contributed by atoms with E-state index in [9.17, 15) is 0 Å². The third-order valence-corrected chi connectivity index (χ3v) is 3.76. The standard InChI is InChI=1S/C15H24/c1-5-7-8-9-13(3)12-15(10-11-15)14(4)6-2/h5,7-9,14H,3,6,10-12H2,1-2,4H3/b7-5-,9-8-. The van der Waals surface area contributed by atoms with Crippen molar-refractivity contribution >= 4 is 0 Å². The topological polar surface area (TPSA) is 0 Å². The van der Waals surface area contributed by atoms with Crippen LogP contribution in [0.4, 0.5) is 0 Å². The molecular weight excluding hydrogens is 180 g/mol. The average Bonchev–Trinajstić information content (AvgIpc) is 2.98. The molecule has 84 valence electrons. The fourth-order valence-electron chi connectivity index (χ4n) is 2.25. The maximum absolute atomic E-state index is 4.15. The SMILES string of the molecule is C=C(/C=C\C=C/C)CC1(C(C)CC)CC1. The first kappa shape index (κ1) is 12.3. The van der Waals surface area contributed by atoms with Gasteiger partial charge in [0.25, 0.3) is 0 Å². The van der Waals surface area contributed by atoms with Crippen LogP contribution >= 0.6 is 0 Å². The Hall–Kier alpha value is -0.780. The molecule has 0 saturated heterocycles. The van der Waals surface area contributed by atoms with Gasteiger partial charge < -0.3 is 0 Å². The summed E-state index contributed by atoms with van der Waals surface area (Å²) in [5.74, 6) is 0.851. The van der Waals surface area contributed by atoms with Crippen molar-refractivity contribution < 1.29 is 0 Å². The van der Waals surface area contributed by atoms with Crippen molar-refractivity contribution in [3.63, 3.8) is 0 Å². The van der Waals surface area contributed by atoms with Gasteiger partial charge in [-0.2, -0.15) is 0 Å². The first-order valence-electron chi connectivity index (χ1n) is 6.12. The lowest BCUT2D eigenvalue weighted by Crippen LogP contribution is -2.12. The van der Waals surface area contributed by atoms with E-state index in [-0.39, 0.29) is 0 Å². The van der Waals surface area contributed by atoms with Gasteiger partial charge in [0.2, 0.25) is 0 Å². The molecule has 1 fully saturated rings. The van der Waals surface area contributed by atoms with E-state index in [2.05, 4.69) is 38.7 Å². The van der Waals surface area contributed by atoms with E-state index in [1.165, 1.54) is 31.3 Å². The quantitative estimate of drug-likeness (QED) is 0.540. The highest BCUT2D eigenvalue weighted by molar-refractivity contribution is 5.22. The molecule has 0 aliphatic heterocycles.